The lowest BCUT2D eigenvalue weighted by Gasteiger charge is -2.36. The summed E-state index contributed by atoms with van der Waals surface area (Å²) in [6.07, 6.45) is 0. The van der Waals surface area contributed by atoms with Gasteiger partial charge in [0.1, 0.15) is 0 Å². The van der Waals surface area contributed by atoms with Gasteiger partial charge in [-0.05, 0) is 36.3 Å². The molecule has 140 valence electrons. The Morgan fingerprint density at radius 1 is 0.833 bits per heavy atom. The first-order valence-corrected chi connectivity index (χ1v) is 14.6. The van der Waals surface area contributed by atoms with E-state index >= 15 is 0 Å². The van der Waals surface area contributed by atoms with E-state index in [1.54, 1.807) is 0 Å². The highest BCUT2D eigenvalue weighted by Gasteiger charge is 2.38. The lowest BCUT2D eigenvalue weighted by molar-refractivity contribution is 0.260. The molecule has 0 amide bonds. The standard InChI is InChI=1S/C17H37N3O2Si2/c1-16(2,3)23(8,9)21-12-14-18-15(20(7)19-14)13-22-24(10,11)17(4,5)6/h12-13H2,1-11H3. The summed E-state index contributed by atoms with van der Waals surface area (Å²) in [6, 6.07) is 0. The van der Waals surface area contributed by atoms with Gasteiger partial charge in [-0.1, -0.05) is 41.5 Å². The maximum absolute atomic E-state index is 6.26. The molecule has 24 heavy (non-hydrogen) atoms. The molecule has 0 saturated heterocycles. The number of aromatic nitrogens is 3. The van der Waals surface area contributed by atoms with Crippen molar-refractivity contribution < 1.29 is 8.85 Å². The Balaban J connectivity index is 2.73. The molecule has 1 aromatic heterocycles. The highest BCUT2D eigenvalue weighted by atomic mass is 28.4. The molecule has 1 heterocycles. The van der Waals surface area contributed by atoms with Crippen molar-refractivity contribution in [2.75, 3.05) is 0 Å². The molecule has 0 radical (unpaired) electrons. The van der Waals surface area contributed by atoms with E-state index in [0.29, 0.717) is 13.2 Å². The van der Waals surface area contributed by atoms with Gasteiger partial charge in [0.05, 0.1) is 13.2 Å². The monoisotopic (exact) mass is 371 g/mol. The van der Waals surface area contributed by atoms with Gasteiger partial charge in [0.25, 0.3) is 0 Å². The highest BCUT2D eigenvalue weighted by molar-refractivity contribution is 6.74. The Morgan fingerprint density at radius 3 is 1.67 bits per heavy atom. The van der Waals surface area contributed by atoms with Crippen LogP contribution in [0.1, 0.15) is 53.2 Å². The number of nitrogens with zero attached hydrogens (tertiary/aromatic N) is 3. The molecule has 0 atom stereocenters. The van der Waals surface area contributed by atoms with Crippen LogP contribution in [0.25, 0.3) is 0 Å². The van der Waals surface area contributed by atoms with E-state index < -0.39 is 16.6 Å². The van der Waals surface area contributed by atoms with Gasteiger partial charge >= 0.3 is 0 Å². The van der Waals surface area contributed by atoms with E-state index in [2.05, 4.69) is 77.8 Å². The van der Waals surface area contributed by atoms with Gasteiger partial charge in [-0.3, -0.25) is 4.68 Å². The third-order valence-corrected chi connectivity index (χ3v) is 14.6. The molecule has 0 saturated carbocycles. The molecule has 1 rings (SSSR count). The van der Waals surface area contributed by atoms with Gasteiger partial charge in [0.15, 0.2) is 28.3 Å². The molecule has 0 aromatic carbocycles. The van der Waals surface area contributed by atoms with E-state index in [9.17, 15) is 0 Å². The Hall–Kier alpha value is -0.506. The van der Waals surface area contributed by atoms with Crippen LogP contribution in [0, 0.1) is 0 Å². The quantitative estimate of drug-likeness (QED) is 0.670. The Kier molecular flexibility index (Phi) is 6.29. The lowest BCUT2D eigenvalue weighted by Crippen LogP contribution is -2.40. The molecule has 5 nitrogen and oxygen atoms in total. The van der Waals surface area contributed by atoms with Crippen LogP contribution in [0.4, 0.5) is 0 Å². The minimum atomic E-state index is -1.78. The van der Waals surface area contributed by atoms with E-state index in [1.165, 1.54) is 0 Å². The first-order chi connectivity index (χ1) is 10.6. The van der Waals surface area contributed by atoms with Gasteiger partial charge in [-0.25, -0.2) is 4.98 Å². The van der Waals surface area contributed by atoms with Crippen LogP contribution in [0.5, 0.6) is 0 Å². The Labute approximate surface area is 150 Å². The Morgan fingerprint density at radius 2 is 1.25 bits per heavy atom. The maximum Gasteiger partial charge on any atom is 0.192 e. The maximum atomic E-state index is 6.26. The third kappa shape index (κ3) is 5.24. The molecule has 0 aliphatic rings. The molecular weight excluding hydrogens is 334 g/mol. The second-order valence-corrected chi connectivity index (χ2v) is 19.3. The molecule has 0 bridgehead atoms. The summed E-state index contributed by atoms with van der Waals surface area (Å²) in [5.41, 5.74) is 0. The Bertz CT molecular complexity index is 555. The smallest absolute Gasteiger partial charge is 0.192 e. The predicted molar refractivity (Wildman–Crippen MR) is 105 cm³/mol. The molecule has 1 aromatic rings. The van der Waals surface area contributed by atoms with E-state index in [4.69, 9.17) is 8.85 Å². The fraction of sp³-hybridized carbons (Fsp3) is 0.882. The summed E-state index contributed by atoms with van der Waals surface area (Å²) in [4.78, 5) is 4.63. The van der Waals surface area contributed by atoms with Gasteiger partial charge in [-0.2, -0.15) is 5.10 Å². The summed E-state index contributed by atoms with van der Waals surface area (Å²) >= 11 is 0. The summed E-state index contributed by atoms with van der Waals surface area (Å²) in [6.45, 7) is 23.4. The predicted octanol–water partition coefficient (Wildman–Crippen LogP) is 4.86. The van der Waals surface area contributed by atoms with Crippen molar-refractivity contribution in [1.29, 1.82) is 0 Å². The van der Waals surface area contributed by atoms with Crippen molar-refractivity contribution in [3.63, 3.8) is 0 Å². The first-order valence-electron chi connectivity index (χ1n) is 8.73. The number of hydrogen-bond acceptors (Lipinski definition) is 4. The summed E-state index contributed by atoms with van der Waals surface area (Å²) in [5.74, 6) is 1.62. The van der Waals surface area contributed by atoms with Crippen LogP contribution < -0.4 is 0 Å². The van der Waals surface area contributed by atoms with Crippen LogP contribution in [0.2, 0.25) is 36.3 Å². The van der Waals surface area contributed by atoms with Gasteiger partial charge < -0.3 is 8.85 Å². The van der Waals surface area contributed by atoms with Crippen molar-refractivity contribution in [1.82, 2.24) is 14.8 Å². The molecular formula is C17H37N3O2Si2. The average Bonchev–Trinajstić information content (AvgIpc) is 2.72. The molecule has 0 N–H and O–H groups in total. The van der Waals surface area contributed by atoms with E-state index in [0.717, 1.165) is 11.6 Å². The van der Waals surface area contributed by atoms with Crippen LogP contribution in [-0.2, 0) is 29.1 Å². The third-order valence-electron chi connectivity index (χ3n) is 5.63. The minimum Gasteiger partial charge on any atom is -0.409 e. The summed E-state index contributed by atoms with van der Waals surface area (Å²) < 4.78 is 14.3. The fourth-order valence-corrected chi connectivity index (χ4v) is 3.43. The van der Waals surface area contributed by atoms with Crippen molar-refractivity contribution in [3.8, 4) is 0 Å². The topological polar surface area (TPSA) is 49.2 Å². The van der Waals surface area contributed by atoms with Crippen LogP contribution >= 0.6 is 0 Å². The zero-order valence-corrected chi connectivity index (χ0v) is 19.6. The zero-order valence-electron chi connectivity index (χ0n) is 17.6. The molecule has 0 aliphatic heterocycles. The number of rotatable bonds is 6. The lowest BCUT2D eigenvalue weighted by atomic mass is 10.2. The van der Waals surface area contributed by atoms with Crippen LogP contribution in [0.3, 0.4) is 0 Å². The molecule has 0 fully saturated rings. The highest BCUT2D eigenvalue weighted by Crippen LogP contribution is 2.37. The SMILES string of the molecule is Cn1nc(CO[Si](C)(C)C(C)(C)C)nc1CO[Si](C)(C)C(C)(C)C. The second-order valence-electron chi connectivity index (χ2n) is 9.67. The normalized spacial score (nSPS) is 14.3. The summed E-state index contributed by atoms with van der Waals surface area (Å²) in [5, 5.41) is 4.88. The van der Waals surface area contributed by atoms with Gasteiger partial charge in [0, 0.05) is 7.05 Å². The van der Waals surface area contributed by atoms with Crippen molar-refractivity contribution >= 4 is 16.6 Å². The fourth-order valence-electron chi connectivity index (χ4n) is 1.58. The van der Waals surface area contributed by atoms with Crippen molar-refractivity contribution in [2.24, 2.45) is 7.05 Å². The summed E-state index contributed by atoms with van der Waals surface area (Å²) in [7, 11) is -1.64. The van der Waals surface area contributed by atoms with Crippen LogP contribution in [-0.4, -0.2) is 31.4 Å². The largest absolute Gasteiger partial charge is 0.409 e. The first kappa shape index (κ1) is 21.5. The number of hydrogen-bond donors (Lipinski definition) is 0. The van der Waals surface area contributed by atoms with E-state index in [-0.39, 0.29) is 10.1 Å². The molecule has 7 heteroatoms. The van der Waals surface area contributed by atoms with Gasteiger partial charge in [-0.15, -0.1) is 0 Å². The molecule has 0 spiro atoms. The van der Waals surface area contributed by atoms with Gasteiger partial charge in [0.2, 0.25) is 0 Å². The van der Waals surface area contributed by atoms with Crippen molar-refractivity contribution in [2.45, 2.75) is 91.0 Å². The average molecular weight is 372 g/mol. The zero-order chi connectivity index (χ0) is 19.0. The molecule has 0 aliphatic carbocycles. The van der Waals surface area contributed by atoms with E-state index in [1.807, 2.05) is 11.7 Å². The minimum absolute atomic E-state index is 0.191. The molecule has 0 unspecified atom stereocenters. The van der Waals surface area contributed by atoms with Crippen molar-refractivity contribution in [3.05, 3.63) is 11.6 Å². The second kappa shape index (κ2) is 7.01. The number of aryl methyl sites for hydroxylation is 1. The van der Waals surface area contributed by atoms with Crippen LogP contribution in [0.15, 0.2) is 0 Å².